The number of aromatic nitrogens is 4. The Morgan fingerprint density at radius 3 is 2.43 bits per heavy atom. The van der Waals surface area contributed by atoms with Crippen LogP contribution in [0.5, 0.6) is 0 Å². The summed E-state index contributed by atoms with van der Waals surface area (Å²) < 4.78 is 3.37. The second kappa shape index (κ2) is 11.2. The van der Waals surface area contributed by atoms with Gasteiger partial charge in [0.2, 0.25) is 11.7 Å². The average molecular weight is 521 g/mol. The molecule has 4 rings (SSSR count). The third-order valence-corrected chi connectivity index (χ3v) is 6.67. The molecule has 37 heavy (non-hydrogen) atoms. The molecule has 0 bridgehead atoms. The number of hydrogen-bond donors (Lipinski definition) is 2. The van der Waals surface area contributed by atoms with Crippen LogP contribution < -0.4 is 16.2 Å². The quantitative estimate of drug-likeness (QED) is 0.327. The molecule has 0 saturated carbocycles. The van der Waals surface area contributed by atoms with Crippen molar-refractivity contribution in [3.8, 4) is 0 Å². The smallest absolute Gasteiger partial charge is 0.262 e. The van der Waals surface area contributed by atoms with Gasteiger partial charge in [-0.25, -0.2) is 0 Å². The molecule has 4 aromatic rings. The largest absolute Gasteiger partial charge is 0.351 e. The van der Waals surface area contributed by atoms with Crippen LogP contribution in [0.2, 0.25) is 0 Å². The van der Waals surface area contributed by atoms with Gasteiger partial charge in [0.15, 0.2) is 5.16 Å². The Labute approximate surface area is 219 Å². The lowest BCUT2D eigenvalue weighted by Gasteiger charge is -2.14. The summed E-state index contributed by atoms with van der Waals surface area (Å²) >= 11 is 1.24. The van der Waals surface area contributed by atoms with Crippen LogP contribution in [0.4, 0.5) is 0 Å². The number of benzene rings is 2. The number of amides is 2. The van der Waals surface area contributed by atoms with Crippen LogP contribution in [0.25, 0.3) is 16.7 Å². The first-order valence-electron chi connectivity index (χ1n) is 12.3. The number of nitrogens with one attached hydrogen (secondary N) is 2. The molecule has 10 heteroatoms. The zero-order chi connectivity index (χ0) is 26.7. The van der Waals surface area contributed by atoms with Gasteiger partial charge in [-0.05, 0) is 50.5 Å². The Balaban J connectivity index is 1.67. The van der Waals surface area contributed by atoms with Crippen molar-refractivity contribution in [3.05, 3.63) is 69.5 Å². The van der Waals surface area contributed by atoms with Gasteiger partial charge in [0, 0.05) is 24.7 Å². The lowest BCUT2D eigenvalue weighted by Crippen LogP contribution is -2.30. The van der Waals surface area contributed by atoms with E-state index in [9.17, 15) is 14.4 Å². The maximum Gasteiger partial charge on any atom is 0.262 e. The van der Waals surface area contributed by atoms with Gasteiger partial charge in [0.05, 0.1) is 16.7 Å². The Morgan fingerprint density at radius 1 is 1.03 bits per heavy atom. The second-order valence-corrected chi connectivity index (χ2v) is 10.8. The average Bonchev–Trinajstić information content (AvgIpc) is 3.28. The van der Waals surface area contributed by atoms with Gasteiger partial charge in [0.1, 0.15) is 0 Å². The lowest BCUT2D eigenvalue weighted by atomic mass is 10.1. The summed E-state index contributed by atoms with van der Waals surface area (Å²) in [7, 11) is 0. The van der Waals surface area contributed by atoms with E-state index in [1.54, 1.807) is 27.2 Å². The number of aryl methyl sites for hydroxylation is 1. The highest BCUT2D eigenvalue weighted by molar-refractivity contribution is 7.99. The predicted molar refractivity (Wildman–Crippen MR) is 146 cm³/mol. The molecular weight excluding hydrogens is 488 g/mol. The van der Waals surface area contributed by atoms with E-state index >= 15 is 0 Å². The summed E-state index contributed by atoms with van der Waals surface area (Å²) in [4.78, 5) is 38.6. The highest BCUT2D eigenvalue weighted by atomic mass is 32.2. The van der Waals surface area contributed by atoms with E-state index in [0.29, 0.717) is 40.5 Å². The minimum absolute atomic E-state index is 0.0262. The van der Waals surface area contributed by atoms with Crippen molar-refractivity contribution in [3.63, 3.8) is 0 Å². The fraction of sp³-hybridized carbons (Fsp3) is 0.370. The Kier molecular flexibility index (Phi) is 7.97. The molecule has 2 N–H and O–H groups in total. The molecule has 0 spiro atoms. The van der Waals surface area contributed by atoms with Crippen LogP contribution in [0.15, 0.2) is 52.4 Å². The molecule has 0 aliphatic heterocycles. The van der Waals surface area contributed by atoms with Crippen LogP contribution in [-0.2, 0) is 17.9 Å². The van der Waals surface area contributed by atoms with Gasteiger partial charge < -0.3 is 10.6 Å². The van der Waals surface area contributed by atoms with Crippen molar-refractivity contribution in [2.75, 3.05) is 5.75 Å². The first-order valence-corrected chi connectivity index (χ1v) is 13.3. The predicted octanol–water partition coefficient (Wildman–Crippen LogP) is 3.56. The molecule has 0 radical (unpaired) electrons. The van der Waals surface area contributed by atoms with E-state index in [4.69, 9.17) is 0 Å². The SMILES string of the molecule is Cc1ccc(CNC(=O)CSc2nnc3n(CC(C)C)c(=O)c4ccc(C(=O)NC(C)C)cc4n23)cc1. The zero-order valence-corrected chi connectivity index (χ0v) is 22.6. The van der Waals surface area contributed by atoms with Crippen molar-refractivity contribution in [1.29, 1.82) is 0 Å². The first kappa shape index (κ1) is 26.4. The molecule has 2 aromatic heterocycles. The molecule has 0 unspecified atom stereocenters. The number of hydrogen-bond acceptors (Lipinski definition) is 6. The maximum atomic E-state index is 13.4. The second-order valence-electron chi connectivity index (χ2n) is 9.84. The number of carbonyl (C=O) groups is 2. The fourth-order valence-electron chi connectivity index (χ4n) is 3.98. The first-order chi connectivity index (χ1) is 17.6. The van der Waals surface area contributed by atoms with E-state index in [0.717, 1.165) is 11.1 Å². The Bertz CT molecular complexity index is 1500. The molecule has 0 saturated heterocycles. The third kappa shape index (κ3) is 6.02. The van der Waals surface area contributed by atoms with Crippen molar-refractivity contribution in [2.45, 2.75) is 58.9 Å². The van der Waals surface area contributed by atoms with Crippen molar-refractivity contribution < 1.29 is 9.59 Å². The third-order valence-electron chi connectivity index (χ3n) is 5.74. The van der Waals surface area contributed by atoms with E-state index in [1.807, 2.05) is 58.9 Å². The van der Waals surface area contributed by atoms with Gasteiger partial charge in [-0.2, -0.15) is 0 Å². The topological polar surface area (TPSA) is 110 Å². The van der Waals surface area contributed by atoms with Crippen LogP contribution in [0, 0.1) is 12.8 Å². The van der Waals surface area contributed by atoms with Gasteiger partial charge in [0.25, 0.3) is 11.5 Å². The van der Waals surface area contributed by atoms with Crippen LogP contribution in [-0.4, -0.2) is 42.8 Å². The van der Waals surface area contributed by atoms with Gasteiger partial charge in [-0.3, -0.25) is 23.4 Å². The highest BCUT2D eigenvalue weighted by Gasteiger charge is 2.20. The number of nitrogens with zero attached hydrogens (tertiary/aromatic N) is 4. The number of rotatable bonds is 9. The molecule has 9 nitrogen and oxygen atoms in total. The number of fused-ring (bicyclic) bond motifs is 3. The normalized spacial score (nSPS) is 11.5. The summed E-state index contributed by atoms with van der Waals surface area (Å²) in [5.74, 6) is 0.351. The van der Waals surface area contributed by atoms with E-state index in [2.05, 4.69) is 20.8 Å². The minimum atomic E-state index is -0.228. The van der Waals surface area contributed by atoms with Gasteiger partial charge >= 0.3 is 0 Å². The van der Waals surface area contributed by atoms with Crippen molar-refractivity contribution >= 4 is 40.3 Å². The molecule has 0 aliphatic carbocycles. The molecule has 2 aromatic carbocycles. The lowest BCUT2D eigenvalue weighted by molar-refractivity contribution is -0.118. The molecular formula is C27H32N6O3S. The van der Waals surface area contributed by atoms with Crippen LogP contribution in [0.3, 0.4) is 0 Å². The van der Waals surface area contributed by atoms with Gasteiger partial charge in [-0.15, -0.1) is 10.2 Å². The molecule has 0 aliphatic rings. The standard InChI is InChI=1S/C27H32N6O3S/c1-16(2)14-32-25(36)21-11-10-20(24(35)29-17(3)4)12-22(21)33-26(32)30-31-27(33)37-15-23(34)28-13-19-8-6-18(5)7-9-19/h6-12,16-17H,13-15H2,1-5H3,(H,28,34)(H,29,35). The van der Waals surface area contributed by atoms with E-state index < -0.39 is 0 Å². The molecule has 0 fully saturated rings. The Hall–Kier alpha value is -3.66. The van der Waals surface area contributed by atoms with Gasteiger partial charge in [-0.1, -0.05) is 55.4 Å². The number of carbonyl (C=O) groups excluding carboxylic acids is 2. The zero-order valence-electron chi connectivity index (χ0n) is 21.7. The van der Waals surface area contributed by atoms with Crippen molar-refractivity contribution in [1.82, 2.24) is 29.8 Å². The van der Waals surface area contributed by atoms with E-state index in [1.165, 1.54) is 11.8 Å². The van der Waals surface area contributed by atoms with Crippen LogP contribution in [0.1, 0.15) is 49.2 Å². The molecule has 2 amide bonds. The fourth-order valence-corrected chi connectivity index (χ4v) is 4.75. The summed E-state index contributed by atoms with van der Waals surface area (Å²) in [5.41, 5.74) is 2.96. The monoisotopic (exact) mass is 520 g/mol. The minimum Gasteiger partial charge on any atom is -0.351 e. The highest BCUT2D eigenvalue weighted by Crippen LogP contribution is 2.23. The number of thioether (sulfide) groups is 1. The van der Waals surface area contributed by atoms with Crippen LogP contribution >= 0.6 is 11.8 Å². The summed E-state index contributed by atoms with van der Waals surface area (Å²) in [6, 6.07) is 13.0. The molecule has 2 heterocycles. The Morgan fingerprint density at radius 2 is 1.76 bits per heavy atom. The summed E-state index contributed by atoms with van der Waals surface area (Å²) in [6.07, 6.45) is 0. The van der Waals surface area contributed by atoms with E-state index in [-0.39, 0.29) is 35.1 Å². The summed E-state index contributed by atoms with van der Waals surface area (Å²) in [6.45, 7) is 10.7. The maximum absolute atomic E-state index is 13.4. The molecule has 194 valence electrons. The molecule has 0 atom stereocenters. The van der Waals surface area contributed by atoms with Crippen molar-refractivity contribution in [2.24, 2.45) is 5.92 Å². The summed E-state index contributed by atoms with van der Waals surface area (Å²) in [5, 5.41) is 15.4.